The van der Waals surface area contributed by atoms with Crippen molar-refractivity contribution in [2.75, 3.05) is 18.0 Å². The largest absolute Gasteiger partial charge is 0.493 e. The lowest BCUT2D eigenvalue weighted by molar-refractivity contribution is -0.137. The quantitative estimate of drug-likeness (QED) is 0.694. The Morgan fingerprint density at radius 3 is 2.41 bits per heavy atom. The van der Waals surface area contributed by atoms with Gasteiger partial charge in [0.25, 0.3) is 10.0 Å². The summed E-state index contributed by atoms with van der Waals surface area (Å²) in [6.45, 7) is 5.83. The van der Waals surface area contributed by atoms with Crippen molar-refractivity contribution in [1.29, 1.82) is 0 Å². The molecule has 1 N–H and O–H groups in total. The summed E-state index contributed by atoms with van der Waals surface area (Å²) in [5.74, 6) is -0.319. The number of aryl methyl sites for hydroxylation is 3. The van der Waals surface area contributed by atoms with Crippen LogP contribution in [0, 0.1) is 20.8 Å². The van der Waals surface area contributed by atoms with Crippen molar-refractivity contribution < 1.29 is 23.1 Å². The first kappa shape index (κ1) is 20.8. The number of carboxylic acid groups (broad SMARTS) is 1. The van der Waals surface area contributed by atoms with Crippen LogP contribution in [0.5, 0.6) is 5.75 Å². The summed E-state index contributed by atoms with van der Waals surface area (Å²) in [4.78, 5) is 10.7. The van der Waals surface area contributed by atoms with Crippen LogP contribution in [0.3, 0.4) is 0 Å². The van der Waals surface area contributed by atoms with Gasteiger partial charge in [0, 0.05) is 13.5 Å². The lowest BCUT2D eigenvalue weighted by Crippen LogP contribution is -2.27. The Morgan fingerprint density at radius 2 is 1.78 bits per heavy atom. The monoisotopic (exact) mass is 391 g/mol. The van der Waals surface area contributed by atoms with Gasteiger partial charge < -0.3 is 9.84 Å². The van der Waals surface area contributed by atoms with Gasteiger partial charge in [0.15, 0.2) is 0 Å². The van der Waals surface area contributed by atoms with Crippen molar-refractivity contribution in [3.63, 3.8) is 0 Å². The molecule has 0 spiro atoms. The molecule has 6 nitrogen and oxygen atoms in total. The van der Waals surface area contributed by atoms with Crippen LogP contribution in [0.1, 0.15) is 29.5 Å². The van der Waals surface area contributed by atoms with Crippen molar-refractivity contribution in [3.8, 4) is 5.75 Å². The van der Waals surface area contributed by atoms with Crippen molar-refractivity contribution in [2.24, 2.45) is 0 Å². The number of sulfonamides is 1. The molecule has 2 aromatic carbocycles. The zero-order valence-electron chi connectivity index (χ0n) is 16.0. The fraction of sp³-hybridized carbons (Fsp3) is 0.350. The molecule has 27 heavy (non-hydrogen) atoms. The minimum atomic E-state index is -3.71. The number of aliphatic carboxylic acids is 1. The summed E-state index contributed by atoms with van der Waals surface area (Å²) in [5, 5.41) is 8.65. The van der Waals surface area contributed by atoms with Crippen molar-refractivity contribution in [2.45, 2.75) is 38.5 Å². The van der Waals surface area contributed by atoms with Crippen LogP contribution in [0.25, 0.3) is 0 Å². The van der Waals surface area contributed by atoms with Gasteiger partial charge >= 0.3 is 5.97 Å². The topological polar surface area (TPSA) is 83.9 Å². The first-order valence-corrected chi connectivity index (χ1v) is 10.1. The van der Waals surface area contributed by atoms with Crippen molar-refractivity contribution in [3.05, 3.63) is 53.1 Å². The van der Waals surface area contributed by atoms with Gasteiger partial charge in [-0.15, -0.1) is 0 Å². The summed E-state index contributed by atoms with van der Waals surface area (Å²) >= 11 is 0. The number of hydrogen-bond acceptors (Lipinski definition) is 4. The maximum atomic E-state index is 13.0. The van der Waals surface area contributed by atoms with E-state index < -0.39 is 16.0 Å². The lowest BCUT2D eigenvalue weighted by atomic mass is 10.1. The molecule has 0 aromatic heterocycles. The summed E-state index contributed by atoms with van der Waals surface area (Å²) in [7, 11) is -2.16. The predicted octanol–water partition coefficient (Wildman–Crippen LogP) is 3.68. The van der Waals surface area contributed by atoms with Gasteiger partial charge in [-0.2, -0.15) is 0 Å². The van der Waals surface area contributed by atoms with E-state index in [0.29, 0.717) is 23.4 Å². The molecule has 0 aliphatic rings. The minimum Gasteiger partial charge on any atom is -0.493 e. The number of carbonyl (C=O) groups is 1. The third kappa shape index (κ3) is 5.01. The normalized spacial score (nSPS) is 11.3. The molecule has 0 saturated heterocycles. The molecule has 146 valence electrons. The highest BCUT2D eigenvalue weighted by atomic mass is 32.2. The number of nitrogens with zero attached hydrogens (tertiary/aromatic N) is 1. The molecule has 0 aliphatic carbocycles. The van der Waals surface area contributed by atoms with Gasteiger partial charge in [0.1, 0.15) is 5.75 Å². The van der Waals surface area contributed by atoms with E-state index in [0.717, 1.165) is 11.1 Å². The van der Waals surface area contributed by atoms with Crippen LogP contribution in [-0.2, 0) is 14.8 Å². The van der Waals surface area contributed by atoms with Crippen LogP contribution in [0.4, 0.5) is 5.69 Å². The average molecular weight is 391 g/mol. The lowest BCUT2D eigenvalue weighted by Gasteiger charge is -2.22. The molecular weight excluding hydrogens is 366 g/mol. The van der Waals surface area contributed by atoms with E-state index in [9.17, 15) is 13.2 Å². The highest BCUT2D eigenvalue weighted by Gasteiger charge is 2.23. The first-order chi connectivity index (χ1) is 12.6. The van der Waals surface area contributed by atoms with Crippen molar-refractivity contribution >= 4 is 21.7 Å². The van der Waals surface area contributed by atoms with Gasteiger partial charge in [-0.05, 0) is 68.1 Å². The zero-order valence-corrected chi connectivity index (χ0v) is 16.8. The number of hydrogen-bond donors (Lipinski definition) is 1. The SMILES string of the molecule is Cc1ccc(C)c(N(C)S(=O)(=O)c2ccc(OCCCC(=O)O)c(C)c2)c1. The molecule has 0 bridgehead atoms. The highest BCUT2D eigenvalue weighted by Crippen LogP contribution is 2.29. The third-order valence-electron chi connectivity index (χ3n) is 4.30. The number of ether oxygens (including phenoxy) is 1. The second-order valence-electron chi connectivity index (χ2n) is 6.54. The van der Waals surface area contributed by atoms with E-state index in [1.807, 2.05) is 32.0 Å². The minimum absolute atomic E-state index is 0.0339. The second-order valence-corrected chi connectivity index (χ2v) is 8.50. The maximum absolute atomic E-state index is 13.0. The van der Waals surface area contributed by atoms with Crippen LogP contribution in [-0.4, -0.2) is 33.1 Å². The average Bonchev–Trinajstić information content (AvgIpc) is 2.60. The number of benzene rings is 2. The van der Waals surface area contributed by atoms with E-state index in [2.05, 4.69) is 0 Å². The number of rotatable bonds is 8. The van der Waals surface area contributed by atoms with Gasteiger partial charge in [0.2, 0.25) is 0 Å². The Kier molecular flexibility index (Phi) is 6.49. The smallest absolute Gasteiger partial charge is 0.303 e. The van der Waals surface area contributed by atoms with Crippen molar-refractivity contribution in [1.82, 2.24) is 0 Å². The molecule has 0 unspecified atom stereocenters. The standard InChI is InChI=1S/C20H25NO5S/c1-14-7-8-15(2)18(12-14)21(4)27(24,25)17-9-10-19(16(3)13-17)26-11-5-6-20(22)23/h7-10,12-13H,5-6,11H2,1-4H3,(H,22,23). The second kappa shape index (κ2) is 8.43. The predicted molar refractivity (Wildman–Crippen MR) is 105 cm³/mol. The fourth-order valence-electron chi connectivity index (χ4n) is 2.70. The number of carboxylic acids is 1. The maximum Gasteiger partial charge on any atom is 0.303 e. The summed E-state index contributed by atoms with van der Waals surface area (Å²) in [5.41, 5.74) is 3.18. The van der Waals surface area contributed by atoms with Crippen LogP contribution in [0.2, 0.25) is 0 Å². The fourth-order valence-corrected chi connectivity index (χ4v) is 4.03. The van der Waals surface area contributed by atoms with Crippen LogP contribution < -0.4 is 9.04 Å². The molecule has 7 heteroatoms. The van der Waals surface area contributed by atoms with E-state index in [1.54, 1.807) is 26.1 Å². The molecule has 0 aliphatic heterocycles. The van der Waals surface area contributed by atoms with E-state index >= 15 is 0 Å². The Hall–Kier alpha value is -2.54. The zero-order chi connectivity index (χ0) is 20.2. The van der Waals surface area contributed by atoms with E-state index in [4.69, 9.17) is 9.84 Å². The molecule has 2 rings (SSSR count). The summed E-state index contributed by atoms with van der Waals surface area (Å²) in [6.07, 6.45) is 0.427. The third-order valence-corrected chi connectivity index (χ3v) is 6.07. The molecule has 0 fully saturated rings. The Morgan fingerprint density at radius 1 is 1.07 bits per heavy atom. The number of anilines is 1. The summed E-state index contributed by atoms with van der Waals surface area (Å²) in [6, 6.07) is 10.4. The van der Waals surface area contributed by atoms with E-state index in [1.165, 1.54) is 10.4 Å². The van der Waals surface area contributed by atoms with Gasteiger partial charge in [0.05, 0.1) is 17.2 Å². The molecule has 2 aromatic rings. The Labute approximate surface area is 160 Å². The van der Waals surface area contributed by atoms with Gasteiger partial charge in [-0.25, -0.2) is 8.42 Å². The van der Waals surface area contributed by atoms with Gasteiger partial charge in [-0.1, -0.05) is 12.1 Å². The molecule has 0 atom stereocenters. The molecule has 0 saturated carbocycles. The first-order valence-electron chi connectivity index (χ1n) is 8.64. The molecule has 0 amide bonds. The van der Waals surface area contributed by atoms with Crippen LogP contribution >= 0.6 is 0 Å². The molecular formula is C20H25NO5S. The Bertz CT molecular complexity index is 937. The summed E-state index contributed by atoms with van der Waals surface area (Å²) < 4.78 is 32.9. The van der Waals surface area contributed by atoms with E-state index in [-0.39, 0.29) is 17.9 Å². The molecule has 0 heterocycles. The van der Waals surface area contributed by atoms with Gasteiger partial charge in [-0.3, -0.25) is 9.10 Å². The van der Waals surface area contributed by atoms with Crippen LogP contribution in [0.15, 0.2) is 41.3 Å². The highest BCUT2D eigenvalue weighted by molar-refractivity contribution is 7.92. The molecule has 0 radical (unpaired) electrons. The Balaban J connectivity index is 2.22.